The van der Waals surface area contributed by atoms with Gasteiger partial charge in [-0.15, -0.1) is 0 Å². The van der Waals surface area contributed by atoms with E-state index in [1.807, 2.05) is 0 Å². The zero-order valence-electron chi connectivity index (χ0n) is 21.0. The summed E-state index contributed by atoms with van der Waals surface area (Å²) in [6.07, 6.45) is 12.3. The quantitative estimate of drug-likeness (QED) is 0.370. The second-order valence-corrected chi connectivity index (χ2v) is 10.9. The second kappa shape index (κ2) is 8.68. The molecule has 3 aromatic carbocycles. The maximum atomic E-state index is 2.63. The van der Waals surface area contributed by atoms with Crippen LogP contribution in [0.4, 0.5) is 0 Å². The van der Waals surface area contributed by atoms with Crippen LogP contribution >= 0.6 is 0 Å². The van der Waals surface area contributed by atoms with E-state index in [1.165, 1.54) is 44.5 Å². The minimum atomic E-state index is -0.0143. The third-order valence-corrected chi connectivity index (χ3v) is 8.38. The number of benzene rings is 3. The van der Waals surface area contributed by atoms with Gasteiger partial charge in [-0.3, -0.25) is 0 Å². The van der Waals surface area contributed by atoms with Gasteiger partial charge in [-0.1, -0.05) is 130 Å². The van der Waals surface area contributed by atoms with Crippen LogP contribution in [0.3, 0.4) is 0 Å². The highest BCUT2D eigenvalue weighted by atomic mass is 14.4. The summed E-state index contributed by atoms with van der Waals surface area (Å²) in [4.78, 5) is 0. The van der Waals surface area contributed by atoms with Gasteiger partial charge in [0.2, 0.25) is 0 Å². The minimum absolute atomic E-state index is 0.0143. The van der Waals surface area contributed by atoms with Crippen molar-refractivity contribution >= 4 is 11.6 Å². The fourth-order valence-electron chi connectivity index (χ4n) is 6.61. The Morgan fingerprint density at radius 2 is 1.46 bits per heavy atom. The third kappa shape index (κ3) is 3.86. The Labute approximate surface area is 210 Å². The van der Waals surface area contributed by atoms with E-state index < -0.39 is 0 Å². The first kappa shape index (κ1) is 22.1. The van der Waals surface area contributed by atoms with E-state index in [2.05, 4.69) is 130 Å². The highest BCUT2D eigenvalue weighted by molar-refractivity contribution is 5.87. The first-order chi connectivity index (χ1) is 17.0. The molecule has 3 aliphatic carbocycles. The molecule has 0 heterocycles. The number of rotatable bonds is 3. The zero-order valence-corrected chi connectivity index (χ0v) is 21.0. The molecule has 6 rings (SSSR count). The van der Waals surface area contributed by atoms with E-state index in [-0.39, 0.29) is 5.41 Å². The second-order valence-electron chi connectivity index (χ2n) is 10.9. The van der Waals surface area contributed by atoms with Gasteiger partial charge in [-0.2, -0.15) is 0 Å². The molecule has 0 aromatic heterocycles. The molecular formula is C35H34. The standard InChI is InChI=1S/C35H34/c1-24-18-19-30-28(20-24)22-35(3,29-15-8-5-9-16-29)23-33(30)34-25(2)32(26-12-6-4-7-13-26)21-27-14-10-11-17-31(27)34/h4-17,19-21,23-25,34H,18,22H2,1-3H3/t24?,25-,34?,35?/m1/s1. The van der Waals surface area contributed by atoms with Crippen LogP contribution in [0.15, 0.2) is 120 Å². The lowest BCUT2D eigenvalue weighted by molar-refractivity contribution is 0.536. The maximum Gasteiger partial charge on any atom is 0.0165 e. The molecule has 0 bridgehead atoms. The summed E-state index contributed by atoms with van der Waals surface area (Å²) in [5.74, 6) is 1.32. The fraction of sp³-hybridized carbons (Fsp3) is 0.257. The Hall–Kier alpha value is -3.38. The lowest BCUT2D eigenvalue weighted by Gasteiger charge is -2.43. The molecule has 0 amide bonds. The Morgan fingerprint density at radius 3 is 2.23 bits per heavy atom. The molecule has 3 unspecified atom stereocenters. The molecule has 0 saturated heterocycles. The summed E-state index contributed by atoms with van der Waals surface area (Å²) in [6, 6.07) is 31.2. The molecule has 3 aliphatic rings. The lowest BCUT2D eigenvalue weighted by atomic mass is 9.61. The Kier molecular flexibility index (Phi) is 5.49. The van der Waals surface area contributed by atoms with E-state index >= 15 is 0 Å². The summed E-state index contributed by atoms with van der Waals surface area (Å²) in [5.41, 5.74) is 11.5. The molecule has 0 heteroatoms. The normalized spacial score (nSPS) is 27.6. The van der Waals surface area contributed by atoms with Crippen molar-refractivity contribution in [2.24, 2.45) is 11.8 Å². The van der Waals surface area contributed by atoms with E-state index in [1.54, 1.807) is 0 Å². The molecule has 0 fully saturated rings. The highest BCUT2D eigenvalue weighted by Crippen LogP contribution is 2.54. The van der Waals surface area contributed by atoms with Crippen molar-refractivity contribution in [3.8, 4) is 0 Å². The van der Waals surface area contributed by atoms with E-state index in [9.17, 15) is 0 Å². The van der Waals surface area contributed by atoms with Crippen molar-refractivity contribution in [2.75, 3.05) is 0 Å². The van der Waals surface area contributed by atoms with Crippen molar-refractivity contribution in [2.45, 2.75) is 44.9 Å². The first-order valence-electron chi connectivity index (χ1n) is 13.1. The van der Waals surface area contributed by atoms with Gasteiger partial charge in [0.25, 0.3) is 0 Å². The molecular weight excluding hydrogens is 420 g/mol. The van der Waals surface area contributed by atoms with Crippen LogP contribution in [0.25, 0.3) is 11.6 Å². The molecule has 0 radical (unpaired) electrons. The van der Waals surface area contributed by atoms with Crippen LogP contribution in [0.2, 0.25) is 0 Å². The SMILES string of the molecule is CC1C=C2CC(C)(c3ccccc3)C=C(C3c4ccccc4C=C(c4ccccc4)[C@H]3C)C2=CC1. The van der Waals surface area contributed by atoms with Gasteiger partial charge in [0.1, 0.15) is 0 Å². The summed E-state index contributed by atoms with van der Waals surface area (Å²) in [7, 11) is 0. The average Bonchev–Trinajstić information content (AvgIpc) is 2.89. The average molecular weight is 455 g/mol. The lowest BCUT2D eigenvalue weighted by Crippen LogP contribution is -2.30. The van der Waals surface area contributed by atoms with Crippen LogP contribution in [0.5, 0.6) is 0 Å². The van der Waals surface area contributed by atoms with Gasteiger partial charge in [-0.25, -0.2) is 0 Å². The predicted molar refractivity (Wildman–Crippen MR) is 149 cm³/mol. The zero-order chi connectivity index (χ0) is 24.0. The molecule has 0 N–H and O–H groups in total. The van der Waals surface area contributed by atoms with Gasteiger partial charge < -0.3 is 0 Å². The third-order valence-electron chi connectivity index (χ3n) is 8.38. The number of hydrogen-bond donors (Lipinski definition) is 0. The fourth-order valence-corrected chi connectivity index (χ4v) is 6.61. The number of allylic oxidation sites excluding steroid dienone is 7. The largest absolute Gasteiger partial charge is 0.0775 e. The van der Waals surface area contributed by atoms with Crippen LogP contribution in [0, 0.1) is 11.8 Å². The molecule has 0 spiro atoms. The first-order valence-corrected chi connectivity index (χ1v) is 13.1. The number of hydrogen-bond acceptors (Lipinski definition) is 0. The predicted octanol–water partition coefficient (Wildman–Crippen LogP) is 9.14. The van der Waals surface area contributed by atoms with Gasteiger partial charge in [0, 0.05) is 11.3 Å². The topological polar surface area (TPSA) is 0 Å². The molecule has 174 valence electrons. The van der Waals surface area contributed by atoms with Gasteiger partial charge in [0.15, 0.2) is 0 Å². The highest BCUT2D eigenvalue weighted by Gasteiger charge is 2.40. The van der Waals surface area contributed by atoms with Gasteiger partial charge >= 0.3 is 0 Å². The van der Waals surface area contributed by atoms with Crippen LogP contribution < -0.4 is 0 Å². The van der Waals surface area contributed by atoms with E-state index in [4.69, 9.17) is 0 Å². The van der Waals surface area contributed by atoms with Crippen molar-refractivity contribution in [3.63, 3.8) is 0 Å². The summed E-state index contributed by atoms with van der Waals surface area (Å²) in [5, 5.41) is 0. The summed E-state index contributed by atoms with van der Waals surface area (Å²) in [6.45, 7) is 7.23. The molecule has 35 heavy (non-hydrogen) atoms. The smallest absolute Gasteiger partial charge is 0.0165 e. The van der Waals surface area contributed by atoms with Crippen LogP contribution in [-0.2, 0) is 5.41 Å². The summed E-state index contributed by atoms with van der Waals surface area (Å²) < 4.78 is 0. The maximum absolute atomic E-state index is 2.63. The van der Waals surface area contributed by atoms with Gasteiger partial charge in [-0.05, 0) is 69.2 Å². The van der Waals surface area contributed by atoms with Crippen molar-refractivity contribution in [3.05, 3.63) is 142 Å². The molecule has 3 aromatic rings. The van der Waals surface area contributed by atoms with E-state index in [0.29, 0.717) is 17.8 Å². The van der Waals surface area contributed by atoms with Crippen LogP contribution in [0.1, 0.15) is 61.8 Å². The number of fused-ring (bicyclic) bond motifs is 2. The van der Waals surface area contributed by atoms with Crippen molar-refractivity contribution in [1.29, 1.82) is 0 Å². The van der Waals surface area contributed by atoms with Crippen molar-refractivity contribution in [1.82, 2.24) is 0 Å². The Morgan fingerprint density at radius 1 is 0.771 bits per heavy atom. The molecule has 0 nitrogen and oxygen atoms in total. The van der Waals surface area contributed by atoms with Crippen LogP contribution in [-0.4, -0.2) is 0 Å². The van der Waals surface area contributed by atoms with Gasteiger partial charge in [0.05, 0.1) is 0 Å². The minimum Gasteiger partial charge on any atom is -0.0775 e. The molecule has 4 atom stereocenters. The molecule has 0 saturated carbocycles. The summed E-state index contributed by atoms with van der Waals surface area (Å²) >= 11 is 0. The van der Waals surface area contributed by atoms with Crippen molar-refractivity contribution < 1.29 is 0 Å². The molecule has 0 aliphatic heterocycles. The monoisotopic (exact) mass is 454 g/mol. The Bertz CT molecular complexity index is 1370. The van der Waals surface area contributed by atoms with E-state index in [0.717, 1.165) is 12.8 Å². The Balaban J connectivity index is 1.56.